The lowest BCUT2D eigenvalue weighted by atomic mass is 9.87. The van der Waals surface area contributed by atoms with Gasteiger partial charge in [0.05, 0.1) is 5.70 Å². The summed E-state index contributed by atoms with van der Waals surface area (Å²) in [6.07, 6.45) is 1.63. The zero-order valence-corrected chi connectivity index (χ0v) is 18.8. The van der Waals surface area contributed by atoms with Crippen LogP contribution in [0.1, 0.15) is 28.1 Å². The van der Waals surface area contributed by atoms with Crippen molar-refractivity contribution in [2.45, 2.75) is 17.3 Å². The second kappa shape index (κ2) is 7.44. The van der Waals surface area contributed by atoms with E-state index >= 15 is 0 Å². The maximum atomic E-state index is 6.66. The molecule has 0 spiro atoms. The number of ether oxygens (including phenoxy) is 1. The van der Waals surface area contributed by atoms with E-state index < -0.39 is 0 Å². The number of nitrogens with one attached hydrogen (secondary N) is 1. The van der Waals surface area contributed by atoms with E-state index in [9.17, 15) is 0 Å². The first-order chi connectivity index (χ1) is 15.2. The average molecular weight is 465 g/mol. The van der Waals surface area contributed by atoms with Crippen LogP contribution in [-0.4, -0.2) is 21.0 Å². The highest BCUT2D eigenvalue weighted by Crippen LogP contribution is 2.52. The van der Waals surface area contributed by atoms with Crippen molar-refractivity contribution in [3.8, 4) is 5.75 Å². The number of aromatic nitrogens is 3. The maximum Gasteiger partial charge on any atom is 0.227 e. The van der Waals surface area contributed by atoms with E-state index in [1.807, 2.05) is 53.4 Å². The normalized spacial score (nSPS) is 19.2. The quantitative estimate of drug-likeness (QED) is 0.362. The van der Waals surface area contributed by atoms with Crippen molar-refractivity contribution in [3.63, 3.8) is 0 Å². The Morgan fingerprint density at radius 3 is 2.74 bits per heavy atom. The van der Waals surface area contributed by atoms with Crippen LogP contribution in [0.4, 0.5) is 5.95 Å². The summed E-state index contributed by atoms with van der Waals surface area (Å²) >= 11 is 9.89. The topological polar surface area (TPSA) is 52.0 Å². The van der Waals surface area contributed by atoms with Crippen molar-refractivity contribution in [2.24, 2.45) is 0 Å². The van der Waals surface area contributed by atoms with Gasteiger partial charge in [-0.3, -0.25) is 0 Å². The first-order valence-corrected chi connectivity index (χ1v) is 12.3. The SMILES string of the molecule is CSc1nc2n(n1)[C@H](c1cccs1)C1=C(N2)c2ccccc2O[C@H]1c1ccccc1Cl. The van der Waals surface area contributed by atoms with Crippen LogP contribution in [0.25, 0.3) is 5.70 Å². The van der Waals surface area contributed by atoms with Gasteiger partial charge in [0.25, 0.3) is 0 Å². The molecule has 31 heavy (non-hydrogen) atoms. The number of rotatable bonds is 3. The van der Waals surface area contributed by atoms with E-state index in [0.29, 0.717) is 5.02 Å². The lowest BCUT2D eigenvalue weighted by Gasteiger charge is -2.38. The smallest absolute Gasteiger partial charge is 0.227 e. The molecule has 5 nitrogen and oxygen atoms in total. The van der Waals surface area contributed by atoms with Crippen LogP contribution in [0.3, 0.4) is 0 Å². The summed E-state index contributed by atoms with van der Waals surface area (Å²) in [5.74, 6) is 1.55. The van der Waals surface area contributed by atoms with Gasteiger partial charge in [-0.1, -0.05) is 59.8 Å². The van der Waals surface area contributed by atoms with Crippen molar-refractivity contribution >= 4 is 46.3 Å². The minimum Gasteiger partial charge on any atom is -0.480 e. The predicted molar refractivity (Wildman–Crippen MR) is 126 cm³/mol. The van der Waals surface area contributed by atoms with E-state index in [2.05, 4.69) is 28.9 Å². The molecule has 4 aromatic rings. The fraction of sp³-hybridized carbons (Fsp3) is 0.130. The van der Waals surface area contributed by atoms with E-state index in [4.69, 9.17) is 26.4 Å². The van der Waals surface area contributed by atoms with E-state index in [1.54, 1.807) is 11.3 Å². The van der Waals surface area contributed by atoms with Crippen molar-refractivity contribution in [1.29, 1.82) is 0 Å². The number of benzene rings is 2. The molecule has 0 saturated heterocycles. The molecule has 6 rings (SSSR count). The molecular weight excluding hydrogens is 448 g/mol. The molecule has 0 amide bonds. The third-order valence-corrected chi connectivity index (χ3v) is 7.35. The second-order valence-corrected chi connectivity index (χ2v) is 9.42. The van der Waals surface area contributed by atoms with Crippen LogP contribution in [0, 0.1) is 0 Å². The Kier molecular flexibility index (Phi) is 4.56. The van der Waals surface area contributed by atoms with Crippen LogP contribution >= 0.6 is 34.7 Å². The molecule has 1 N–H and O–H groups in total. The minimum absolute atomic E-state index is 0.144. The van der Waals surface area contributed by atoms with Crippen molar-refractivity contribution in [1.82, 2.24) is 14.8 Å². The number of hydrogen-bond donors (Lipinski definition) is 1. The van der Waals surface area contributed by atoms with Crippen molar-refractivity contribution in [2.75, 3.05) is 11.6 Å². The summed E-state index contributed by atoms with van der Waals surface area (Å²) in [5.41, 5.74) is 4.04. The summed E-state index contributed by atoms with van der Waals surface area (Å²) in [6, 6.07) is 20.0. The standard InChI is InChI=1S/C23H17ClN4OS2/c1-30-23-26-22-25-19-14-8-3-5-10-16(14)29-21(13-7-2-4-9-15(13)24)18(19)20(28(22)27-23)17-11-6-12-31-17/h2-12,20-21H,1H3,(H,25,26,27)/t20-,21+/m1/s1. The number of thiophene rings is 1. The highest BCUT2D eigenvalue weighted by molar-refractivity contribution is 7.98. The monoisotopic (exact) mass is 464 g/mol. The second-order valence-electron chi connectivity index (χ2n) is 7.26. The van der Waals surface area contributed by atoms with Crippen LogP contribution in [-0.2, 0) is 0 Å². The number of hydrogen-bond acceptors (Lipinski definition) is 6. The fourth-order valence-electron chi connectivity index (χ4n) is 4.21. The summed E-state index contributed by atoms with van der Waals surface area (Å²) < 4.78 is 8.57. The van der Waals surface area contributed by atoms with Gasteiger partial charge in [-0.25, -0.2) is 4.68 Å². The third kappa shape index (κ3) is 2.99. The predicted octanol–water partition coefficient (Wildman–Crippen LogP) is 6.27. The molecule has 0 aliphatic carbocycles. The van der Waals surface area contributed by atoms with Gasteiger partial charge in [0.1, 0.15) is 11.8 Å². The van der Waals surface area contributed by atoms with E-state index in [1.165, 1.54) is 16.6 Å². The molecule has 0 unspecified atom stereocenters. The zero-order valence-electron chi connectivity index (χ0n) is 16.4. The van der Waals surface area contributed by atoms with Gasteiger partial charge in [-0.05, 0) is 35.9 Å². The number of halogens is 1. The van der Waals surface area contributed by atoms with Gasteiger partial charge in [0, 0.05) is 26.6 Å². The lowest BCUT2D eigenvalue weighted by molar-refractivity contribution is 0.223. The number of para-hydroxylation sites is 1. The molecule has 2 aliphatic rings. The molecule has 154 valence electrons. The van der Waals surface area contributed by atoms with Crippen LogP contribution in [0.5, 0.6) is 5.75 Å². The summed E-state index contributed by atoms with van der Waals surface area (Å²) in [7, 11) is 0. The summed E-state index contributed by atoms with van der Waals surface area (Å²) in [6.45, 7) is 0. The van der Waals surface area contributed by atoms with E-state index in [0.717, 1.165) is 39.3 Å². The van der Waals surface area contributed by atoms with Gasteiger partial charge in [-0.15, -0.1) is 16.4 Å². The van der Waals surface area contributed by atoms with Crippen LogP contribution < -0.4 is 10.1 Å². The van der Waals surface area contributed by atoms with Gasteiger partial charge in [0.2, 0.25) is 11.1 Å². The number of fused-ring (bicyclic) bond motifs is 3. The molecule has 4 heterocycles. The molecule has 0 radical (unpaired) electrons. The van der Waals surface area contributed by atoms with Crippen molar-refractivity contribution < 1.29 is 4.74 Å². The summed E-state index contributed by atoms with van der Waals surface area (Å²) in [4.78, 5) is 5.89. The molecule has 2 aliphatic heterocycles. The zero-order chi connectivity index (χ0) is 20.9. The summed E-state index contributed by atoms with van der Waals surface area (Å²) in [5, 5.41) is 11.8. The molecule has 2 aromatic carbocycles. The Balaban J connectivity index is 1.65. The Hall–Kier alpha value is -2.74. The molecule has 8 heteroatoms. The fourth-order valence-corrected chi connectivity index (χ4v) is 5.62. The molecule has 2 atom stereocenters. The Labute approximate surface area is 192 Å². The molecule has 2 aromatic heterocycles. The van der Waals surface area contributed by atoms with E-state index in [-0.39, 0.29) is 12.1 Å². The van der Waals surface area contributed by atoms with Gasteiger partial charge < -0.3 is 10.1 Å². The number of anilines is 1. The van der Waals surface area contributed by atoms with Gasteiger partial charge in [-0.2, -0.15) is 4.98 Å². The van der Waals surface area contributed by atoms with Crippen molar-refractivity contribution in [3.05, 3.63) is 92.6 Å². The minimum atomic E-state index is -0.353. The Morgan fingerprint density at radius 1 is 1.10 bits per heavy atom. The highest BCUT2D eigenvalue weighted by Gasteiger charge is 2.42. The first kappa shape index (κ1) is 19.0. The maximum absolute atomic E-state index is 6.66. The lowest BCUT2D eigenvalue weighted by Crippen LogP contribution is -2.32. The first-order valence-electron chi connectivity index (χ1n) is 9.80. The average Bonchev–Trinajstić information content (AvgIpc) is 3.47. The molecule has 0 saturated carbocycles. The largest absolute Gasteiger partial charge is 0.480 e. The number of thioether (sulfide) groups is 1. The molecule has 0 fully saturated rings. The highest BCUT2D eigenvalue weighted by atomic mass is 35.5. The number of nitrogens with zero attached hydrogens (tertiary/aromatic N) is 3. The molecule has 0 bridgehead atoms. The Morgan fingerprint density at radius 2 is 1.94 bits per heavy atom. The Bertz CT molecular complexity index is 1310. The van der Waals surface area contributed by atoms with Gasteiger partial charge in [0.15, 0.2) is 6.10 Å². The molecular formula is C23H17ClN4OS2. The van der Waals surface area contributed by atoms with Gasteiger partial charge >= 0.3 is 0 Å². The van der Waals surface area contributed by atoms with Crippen LogP contribution in [0.15, 0.2) is 76.8 Å². The van der Waals surface area contributed by atoms with Crippen LogP contribution in [0.2, 0.25) is 5.02 Å². The third-order valence-electron chi connectivity index (χ3n) is 5.54.